The van der Waals surface area contributed by atoms with Crippen LogP contribution in [0.3, 0.4) is 0 Å². The van der Waals surface area contributed by atoms with Crippen molar-refractivity contribution < 1.29 is 35.2 Å². The average molecular weight is 375 g/mol. The highest BCUT2D eigenvalue weighted by atomic mass is 32.2. The summed E-state index contributed by atoms with van der Waals surface area (Å²) in [6.07, 6.45) is -4.63. The van der Waals surface area contributed by atoms with Gasteiger partial charge in [-0.25, -0.2) is 21.9 Å². The Kier molecular flexibility index (Phi) is 6.25. The van der Waals surface area contributed by atoms with E-state index in [-0.39, 0.29) is 5.56 Å². The number of carbonyl (C=O) groups is 1. The number of nitrogens with one attached hydrogen (secondary N) is 2. The standard InChI is InChI=1S/C12H14F5N3O3S/c13-11(14,5-18)6-20-24(22,23)9-3-1-2-8(4-9)10(21)19-7-12(15,16)17/h1-4,20H,5-7,18H2,(H,19,21). The van der Waals surface area contributed by atoms with Crippen molar-refractivity contribution in [2.45, 2.75) is 17.0 Å². The van der Waals surface area contributed by atoms with Crippen LogP contribution < -0.4 is 15.8 Å². The van der Waals surface area contributed by atoms with Gasteiger partial charge in [0.1, 0.15) is 6.54 Å². The number of halogens is 5. The van der Waals surface area contributed by atoms with E-state index in [1.807, 2.05) is 0 Å². The van der Waals surface area contributed by atoms with Crippen molar-refractivity contribution in [3.05, 3.63) is 29.8 Å². The molecule has 0 spiro atoms. The molecule has 0 atom stereocenters. The van der Waals surface area contributed by atoms with Gasteiger partial charge in [-0.1, -0.05) is 6.07 Å². The third-order valence-electron chi connectivity index (χ3n) is 2.68. The van der Waals surface area contributed by atoms with Gasteiger partial charge in [0.05, 0.1) is 18.0 Å². The molecule has 136 valence electrons. The molecule has 0 saturated carbocycles. The largest absolute Gasteiger partial charge is 0.405 e. The minimum absolute atomic E-state index is 0.368. The highest BCUT2D eigenvalue weighted by Gasteiger charge is 2.30. The summed E-state index contributed by atoms with van der Waals surface area (Å²) in [5.74, 6) is -4.62. The van der Waals surface area contributed by atoms with Gasteiger partial charge in [-0.05, 0) is 18.2 Å². The minimum atomic E-state index is -4.63. The molecule has 1 aromatic rings. The third kappa shape index (κ3) is 6.37. The average Bonchev–Trinajstić information content (AvgIpc) is 2.50. The molecule has 0 aliphatic carbocycles. The molecule has 0 bridgehead atoms. The lowest BCUT2D eigenvalue weighted by Gasteiger charge is -2.15. The van der Waals surface area contributed by atoms with E-state index in [9.17, 15) is 35.2 Å². The van der Waals surface area contributed by atoms with Crippen molar-refractivity contribution >= 4 is 15.9 Å². The molecule has 0 heterocycles. The number of hydrogen-bond donors (Lipinski definition) is 3. The summed E-state index contributed by atoms with van der Waals surface area (Å²) in [6.45, 7) is -3.92. The van der Waals surface area contributed by atoms with Gasteiger partial charge in [0.2, 0.25) is 10.0 Å². The van der Waals surface area contributed by atoms with Crippen molar-refractivity contribution in [2.75, 3.05) is 19.6 Å². The first-order chi connectivity index (χ1) is 10.9. The Bertz CT molecular complexity index is 691. The molecular formula is C12H14F5N3O3S. The molecule has 6 nitrogen and oxygen atoms in total. The van der Waals surface area contributed by atoms with Crippen molar-refractivity contribution in [2.24, 2.45) is 5.73 Å². The summed E-state index contributed by atoms with van der Waals surface area (Å²) in [5, 5.41) is 1.57. The van der Waals surface area contributed by atoms with E-state index in [2.05, 4.69) is 0 Å². The molecule has 0 aromatic heterocycles. The Morgan fingerprint density at radius 1 is 1.12 bits per heavy atom. The van der Waals surface area contributed by atoms with Gasteiger partial charge in [-0.15, -0.1) is 0 Å². The fraction of sp³-hybridized carbons (Fsp3) is 0.417. The Morgan fingerprint density at radius 2 is 1.75 bits per heavy atom. The van der Waals surface area contributed by atoms with E-state index in [4.69, 9.17) is 5.73 Å². The van der Waals surface area contributed by atoms with Crippen molar-refractivity contribution in [3.63, 3.8) is 0 Å². The van der Waals surface area contributed by atoms with E-state index in [1.54, 1.807) is 10.0 Å². The van der Waals surface area contributed by atoms with Gasteiger partial charge in [0.25, 0.3) is 11.8 Å². The van der Waals surface area contributed by atoms with Crippen molar-refractivity contribution in [1.82, 2.24) is 10.0 Å². The Morgan fingerprint density at radius 3 is 2.29 bits per heavy atom. The summed E-state index contributed by atoms with van der Waals surface area (Å²) >= 11 is 0. The molecule has 0 saturated heterocycles. The molecule has 0 radical (unpaired) electrons. The zero-order valence-corrected chi connectivity index (χ0v) is 12.8. The van der Waals surface area contributed by atoms with E-state index in [0.717, 1.165) is 24.3 Å². The van der Waals surface area contributed by atoms with E-state index in [0.29, 0.717) is 0 Å². The summed E-state index contributed by atoms with van der Waals surface area (Å²) in [5.41, 5.74) is 4.41. The maximum absolute atomic E-state index is 13.0. The molecule has 0 unspecified atom stereocenters. The molecule has 0 fully saturated rings. The van der Waals surface area contributed by atoms with Gasteiger partial charge in [0, 0.05) is 5.56 Å². The molecule has 0 aliphatic rings. The highest BCUT2D eigenvalue weighted by Crippen LogP contribution is 2.16. The second-order valence-corrected chi connectivity index (χ2v) is 6.48. The molecule has 12 heteroatoms. The molecule has 24 heavy (non-hydrogen) atoms. The summed E-state index contributed by atoms with van der Waals surface area (Å²) in [6, 6.07) is 3.95. The number of carbonyl (C=O) groups excluding carboxylic acids is 1. The first-order valence-electron chi connectivity index (χ1n) is 6.39. The second kappa shape index (κ2) is 7.40. The zero-order valence-electron chi connectivity index (χ0n) is 12.0. The van der Waals surface area contributed by atoms with Gasteiger partial charge < -0.3 is 11.1 Å². The van der Waals surface area contributed by atoms with Gasteiger partial charge in [-0.2, -0.15) is 13.2 Å². The highest BCUT2D eigenvalue weighted by molar-refractivity contribution is 7.89. The van der Waals surface area contributed by atoms with Crippen LogP contribution in [-0.2, 0) is 10.0 Å². The van der Waals surface area contributed by atoms with Crippen LogP contribution in [0.15, 0.2) is 29.2 Å². The number of rotatable bonds is 7. The molecule has 1 rings (SSSR count). The van der Waals surface area contributed by atoms with Crippen molar-refractivity contribution in [1.29, 1.82) is 0 Å². The van der Waals surface area contributed by atoms with Crippen LogP contribution in [0.5, 0.6) is 0 Å². The summed E-state index contributed by atoms with van der Waals surface area (Å²) < 4.78 is 87.5. The normalized spacial score (nSPS) is 12.9. The maximum Gasteiger partial charge on any atom is 0.405 e. The fourth-order valence-electron chi connectivity index (χ4n) is 1.44. The second-order valence-electron chi connectivity index (χ2n) is 4.71. The number of sulfonamides is 1. The third-order valence-corrected chi connectivity index (χ3v) is 4.07. The predicted molar refractivity (Wildman–Crippen MR) is 74.0 cm³/mol. The van der Waals surface area contributed by atoms with Crippen LogP contribution in [0.25, 0.3) is 0 Å². The quantitative estimate of drug-likeness (QED) is 0.615. The van der Waals surface area contributed by atoms with Crippen LogP contribution in [0, 0.1) is 0 Å². The molecular weight excluding hydrogens is 361 g/mol. The first-order valence-corrected chi connectivity index (χ1v) is 7.87. The lowest BCUT2D eigenvalue weighted by Crippen LogP contribution is -2.41. The lowest BCUT2D eigenvalue weighted by atomic mass is 10.2. The zero-order chi connectivity index (χ0) is 18.6. The fourth-order valence-corrected chi connectivity index (χ4v) is 2.55. The minimum Gasteiger partial charge on any atom is -0.343 e. The SMILES string of the molecule is NCC(F)(F)CNS(=O)(=O)c1cccc(C(=O)NCC(F)(F)F)c1. The van der Waals surface area contributed by atoms with Crippen LogP contribution >= 0.6 is 0 Å². The number of alkyl halides is 5. The van der Waals surface area contributed by atoms with Crippen molar-refractivity contribution in [3.8, 4) is 0 Å². The number of benzene rings is 1. The molecule has 0 aliphatic heterocycles. The monoisotopic (exact) mass is 375 g/mol. The van der Waals surface area contributed by atoms with Crippen LogP contribution in [0.1, 0.15) is 10.4 Å². The van der Waals surface area contributed by atoms with E-state index < -0.39 is 52.6 Å². The summed E-state index contributed by atoms with van der Waals surface area (Å²) in [4.78, 5) is 11.0. The number of hydrogen-bond acceptors (Lipinski definition) is 4. The number of nitrogens with two attached hydrogens (primary N) is 1. The van der Waals surface area contributed by atoms with Gasteiger partial charge >= 0.3 is 6.18 Å². The number of amides is 1. The van der Waals surface area contributed by atoms with Gasteiger partial charge in [0.15, 0.2) is 0 Å². The molecule has 4 N–H and O–H groups in total. The molecule has 1 aromatic carbocycles. The Labute approximate surface area is 134 Å². The van der Waals surface area contributed by atoms with Crippen LogP contribution in [-0.4, -0.2) is 46.1 Å². The molecule has 1 amide bonds. The smallest absolute Gasteiger partial charge is 0.343 e. The van der Waals surface area contributed by atoms with Gasteiger partial charge in [-0.3, -0.25) is 4.79 Å². The lowest BCUT2D eigenvalue weighted by molar-refractivity contribution is -0.123. The first kappa shape index (κ1) is 20.3. The topological polar surface area (TPSA) is 101 Å². The van der Waals surface area contributed by atoms with Crippen LogP contribution in [0.2, 0.25) is 0 Å². The maximum atomic E-state index is 13.0. The summed E-state index contributed by atoms with van der Waals surface area (Å²) in [7, 11) is -4.39. The predicted octanol–water partition coefficient (Wildman–Crippen LogP) is 0.851. The van der Waals surface area contributed by atoms with E-state index in [1.165, 1.54) is 0 Å². The Hall–Kier alpha value is -1.79. The Balaban J connectivity index is 2.89. The van der Waals surface area contributed by atoms with E-state index >= 15 is 0 Å². The van der Waals surface area contributed by atoms with Crippen LogP contribution in [0.4, 0.5) is 22.0 Å².